The Morgan fingerprint density at radius 3 is 2.79 bits per heavy atom. The molecule has 2 N–H and O–H groups in total. The zero-order valence-corrected chi connectivity index (χ0v) is 11.2. The van der Waals surface area contributed by atoms with E-state index in [1.165, 1.54) is 12.1 Å². The Morgan fingerprint density at radius 1 is 1.42 bits per heavy atom. The molecule has 102 valence electrons. The highest BCUT2D eigenvalue weighted by molar-refractivity contribution is 9.10. The molecule has 1 aromatic rings. The van der Waals surface area contributed by atoms with Crippen LogP contribution < -0.4 is 5.73 Å². The average molecular weight is 335 g/mol. The van der Waals surface area contributed by atoms with Crippen molar-refractivity contribution in [2.75, 3.05) is 0 Å². The third kappa shape index (κ3) is 1.82. The first-order valence-corrected chi connectivity index (χ1v) is 6.48. The van der Waals surface area contributed by atoms with E-state index in [1.807, 2.05) is 0 Å². The summed E-state index contributed by atoms with van der Waals surface area (Å²) in [6.45, 7) is 0. The van der Waals surface area contributed by atoms with Crippen LogP contribution in [0.1, 0.15) is 12.0 Å². The number of amidine groups is 1. The van der Waals surface area contributed by atoms with E-state index in [2.05, 4.69) is 20.9 Å². The molecule has 3 nitrogen and oxygen atoms in total. The second kappa shape index (κ2) is 3.88. The molecule has 1 aliphatic heterocycles. The van der Waals surface area contributed by atoms with Crippen LogP contribution in [0.2, 0.25) is 0 Å². The maximum atomic E-state index is 13.6. The minimum atomic E-state index is -4.51. The summed E-state index contributed by atoms with van der Waals surface area (Å²) < 4.78 is 46.5. The van der Waals surface area contributed by atoms with Gasteiger partial charge in [0.1, 0.15) is 6.10 Å². The van der Waals surface area contributed by atoms with E-state index >= 15 is 0 Å². The van der Waals surface area contributed by atoms with Crippen molar-refractivity contribution in [2.24, 2.45) is 16.6 Å². The summed E-state index contributed by atoms with van der Waals surface area (Å²) in [4.78, 5) is 3.65. The Labute approximate surface area is 115 Å². The van der Waals surface area contributed by atoms with Crippen LogP contribution in [0.25, 0.3) is 0 Å². The van der Waals surface area contributed by atoms with E-state index in [0.29, 0.717) is 10.9 Å². The third-order valence-electron chi connectivity index (χ3n) is 3.52. The normalized spacial score (nSPS) is 33.2. The number of ether oxygens (including phenoxy) is 1. The Balaban J connectivity index is 2.21. The van der Waals surface area contributed by atoms with E-state index in [9.17, 15) is 13.2 Å². The summed E-state index contributed by atoms with van der Waals surface area (Å²) in [6, 6.07) is 5.70. The topological polar surface area (TPSA) is 47.6 Å². The second-order valence-electron chi connectivity index (χ2n) is 4.72. The Kier molecular flexibility index (Phi) is 2.61. The number of hydrogen-bond donors (Lipinski definition) is 1. The highest BCUT2D eigenvalue weighted by atomic mass is 79.9. The molecule has 0 bridgehead atoms. The van der Waals surface area contributed by atoms with Gasteiger partial charge in [0.25, 0.3) is 6.02 Å². The predicted octanol–water partition coefficient (Wildman–Crippen LogP) is 2.94. The van der Waals surface area contributed by atoms with Crippen molar-refractivity contribution in [3.05, 3.63) is 34.3 Å². The van der Waals surface area contributed by atoms with Crippen molar-refractivity contribution in [3.8, 4) is 0 Å². The fourth-order valence-electron chi connectivity index (χ4n) is 2.62. The Morgan fingerprint density at radius 2 is 2.16 bits per heavy atom. The standard InChI is InChI=1S/C12H10BrF3N2O/c13-7-3-1-2-6(4-7)11(12(14,15)16)8-5-9(8)19-10(17)18-11/h1-4,8-9H,5H2,(H2,17,18)/t8-,9+,11+/m0/s1. The largest absolute Gasteiger partial charge is 0.462 e. The molecule has 0 unspecified atom stereocenters. The van der Waals surface area contributed by atoms with Gasteiger partial charge >= 0.3 is 6.18 Å². The quantitative estimate of drug-likeness (QED) is 0.858. The molecule has 3 rings (SSSR count). The summed E-state index contributed by atoms with van der Waals surface area (Å²) >= 11 is 3.19. The molecule has 1 heterocycles. The van der Waals surface area contributed by atoms with Gasteiger partial charge in [-0.3, -0.25) is 0 Å². The minimum absolute atomic E-state index is 0.0909. The average Bonchev–Trinajstić information content (AvgIpc) is 3.05. The van der Waals surface area contributed by atoms with Gasteiger partial charge in [0, 0.05) is 10.4 Å². The fourth-order valence-corrected chi connectivity index (χ4v) is 3.02. The van der Waals surface area contributed by atoms with Crippen molar-refractivity contribution in [3.63, 3.8) is 0 Å². The van der Waals surface area contributed by atoms with Gasteiger partial charge in [-0.05, 0) is 24.1 Å². The first-order valence-electron chi connectivity index (χ1n) is 5.69. The van der Waals surface area contributed by atoms with Gasteiger partial charge in [-0.1, -0.05) is 28.1 Å². The highest BCUT2D eigenvalue weighted by Crippen LogP contribution is 2.59. The Hall–Kier alpha value is -1.24. The van der Waals surface area contributed by atoms with Gasteiger partial charge < -0.3 is 10.5 Å². The van der Waals surface area contributed by atoms with Crippen LogP contribution >= 0.6 is 15.9 Å². The molecule has 7 heteroatoms. The number of fused-ring (bicyclic) bond motifs is 1. The first-order chi connectivity index (χ1) is 8.84. The Bertz CT molecular complexity index is 560. The number of halogens is 4. The van der Waals surface area contributed by atoms with Crippen LogP contribution in [0.3, 0.4) is 0 Å². The maximum absolute atomic E-state index is 13.6. The zero-order chi connectivity index (χ0) is 13.8. The minimum Gasteiger partial charge on any atom is -0.462 e. The maximum Gasteiger partial charge on any atom is 0.418 e. The lowest BCUT2D eigenvalue weighted by molar-refractivity contribution is -0.200. The van der Waals surface area contributed by atoms with Crippen molar-refractivity contribution in [2.45, 2.75) is 24.2 Å². The van der Waals surface area contributed by atoms with E-state index < -0.39 is 29.8 Å². The highest BCUT2D eigenvalue weighted by Gasteiger charge is 2.70. The van der Waals surface area contributed by atoms with E-state index in [1.54, 1.807) is 12.1 Å². The lowest BCUT2D eigenvalue weighted by Crippen LogP contribution is -2.48. The number of aliphatic imine (C=N–C) groups is 1. The molecule has 0 saturated heterocycles. The second-order valence-corrected chi connectivity index (χ2v) is 5.64. The predicted molar refractivity (Wildman–Crippen MR) is 66.5 cm³/mol. The molecule has 1 aromatic carbocycles. The van der Waals surface area contributed by atoms with Crippen molar-refractivity contribution >= 4 is 22.0 Å². The molecule has 0 aromatic heterocycles. The lowest BCUT2D eigenvalue weighted by Gasteiger charge is -2.35. The number of nitrogens with two attached hydrogens (primary N) is 1. The van der Waals surface area contributed by atoms with Gasteiger partial charge in [-0.2, -0.15) is 13.2 Å². The summed E-state index contributed by atoms with van der Waals surface area (Å²) in [7, 11) is 0. The molecule has 2 aliphatic rings. The van der Waals surface area contributed by atoms with Crippen LogP contribution in [0.5, 0.6) is 0 Å². The molecular formula is C12H10BrF3N2O. The fraction of sp³-hybridized carbons (Fsp3) is 0.417. The van der Waals surface area contributed by atoms with Crippen LogP contribution in [-0.4, -0.2) is 18.3 Å². The summed E-state index contributed by atoms with van der Waals surface area (Å²) in [5.41, 5.74) is 3.22. The van der Waals surface area contributed by atoms with E-state index in [4.69, 9.17) is 10.5 Å². The van der Waals surface area contributed by atoms with Crippen molar-refractivity contribution in [1.82, 2.24) is 0 Å². The zero-order valence-electron chi connectivity index (χ0n) is 9.62. The van der Waals surface area contributed by atoms with Gasteiger partial charge in [0.05, 0.1) is 0 Å². The van der Waals surface area contributed by atoms with Crippen molar-refractivity contribution < 1.29 is 17.9 Å². The molecule has 0 radical (unpaired) electrons. The van der Waals surface area contributed by atoms with Gasteiger partial charge in [-0.25, -0.2) is 4.99 Å². The van der Waals surface area contributed by atoms with Crippen molar-refractivity contribution in [1.29, 1.82) is 0 Å². The number of hydrogen-bond acceptors (Lipinski definition) is 3. The van der Waals surface area contributed by atoms with Gasteiger partial charge in [0.2, 0.25) is 0 Å². The molecule has 0 spiro atoms. The molecule has 19 heavy (non-hydrogen) atoms. The monoisotopic (exact) mass is 334 g/mol. The smallest absolute Gasteiger partial charge is 0.418 e. The third-order valence-corrected chi connectivity index (χ3v) is 4.02. The van der Waals surface area contributed by atoms with Crippen LogP contribution in [-0.2, 0) is 10.3 Å². The number of alkyl halides is 3. The lowest BCUT2D eigenvalue weighted by atomic mass is 9.84. The van der Waals surface area contributed by atoms with Gasteiger partial charge in [-0.15, -0.1) is 0 Å². The molecule has 1 aliphatic carbocycles. The molecule has 1 fully saturated rings. The van der Waals surface area contributed by atoms with Crippen LogP contribution in [0.4, 0.5) is 13.2 Å². The molecule has 3 atom stereocenters. The number of nitrogens with zero attached hydrogens (tertiary/aromatic N) is 1. The summed E-state index contributed by atoms with van der Waals surface area (Å²) in [5.74, 6) is -0.700. The van der Waals surface area contributed by atoms with E-state index in [0.717, 1.165) is 0 Å². The number of benzene rings is 1. The molecular weight excluding hydrogens is 325 g/mol. The van der Waals surface area contributed by atoms with Gasteiger partial charge in [0.15, 0.2) is 5.54 Å². The van der Waals surface area contributed by atoms with Crippen LogP contribution in [0, 0.1) is 5.92 Å². The summed E-state index contributed by atoms with van der Waals surface area (Å²) in [6.07, 6.45) is -4.68. The summed E-state index contributed by atoms with van der Waals surface area (Å²) in [5, 5.41) is 0. The molecule has 1 saturated carbocycles. The van der Waals surface area contributed by atoms with E-state index in [-0.39, 0.29) is 5.56 Å². The number of rotatable bonds is 1. The first kappa shape index (κ1) is 12.8. The SMILES string of the molecule is NC1=N[C@@](c2cccc(Br)c2)(C(F)(F)F)[C@H]2C[C@H]2O1. The van der Waals surface area contributed by atoms with Crippen LogP contribution in [0.15, 0.2) is 33.7 Å². The molecule has 0 amide bonds.